The van der Waals surface area contributed by atoms with E-state index in [1.165, 1.54) is 19.4 Å². The summed E-state index contributed by atoms with van der Waals surface area (Å²) in [6, 6.07) is -1.02. The maximum absolute atomic E-state index is 11.9. The van der Waals surface area contributed by atoms with E-state index in [0.29, 0.717) is 0 Å². The minimum Gasteiger partial charge on any atom is -0.846 e. The number of hydrogen-bond acceptors (Lipinski definition) is 10. The lowest BCUT2D eigenvalue weighted by atomic mass is 10.1. The van der Waals surface area contributed by atoms with Gasteiger partial charge in [-0.25, -0.2) is 14.6 Å². The molecule has 1 aromatic rings. The van der Waals surface area contributed by atoms with Gasteiger partial charge in [-0.15, -0.1) is 0 Å². The van der Waals surface area contributed by atoms with Gasteiger partial charge in [-0.2, -0.15) is 0 Å². The Morgan fingerprint density at radius 1 is 1.63 bits per heavy atom. The molecule has 14 heteroatoms. The Labute approximate surface area is 153 Å². The molecule has 1 saturated heterocycles. The molecule has 1 aromatic heterocycles. The topological polar surface area (TPSA) is 202 Å². The van der Waals surface area contributed by atoms with E-state index in [2.05, 4.69) is 4.98 Å². The van der Waals surface area contributed by atoms with Gasteiger partial charge in [0.25, 0.3) is 0 Å². The number of methoxy groups -OCH3 is 1. The van der Waals surface area contributed by atoms with Crippen LogP contribution in [-0.4, -0.2) is 63.6 Å². The normalized spacial score (nSPS) is 28.6. The Kier molecular flexibility index (Phi) is 6.70. The van der Waals surface area contributed by atoms with Crippen LogP contribution in [0.25, 0.3) is 0 Å². The van der Waals surface area contributed by atoms with E-state index in [4.69, 9.17) is 19.4 Å². The first-order chi connectivity index (χ1) is 12.6. The molecule has 152 valence electrons. The van der Waals surface area contributed by atoms with Gasteiger partial charge < -0.3 is 39.0 Å². The highest BCUT2D eigenvalue weighted by atomic mass is 31.2. The van der Waals surface area contributed by atoms with Crippen LogP contribution in [0.15, 0.2) is 12.3 Å². The summed E-state index contributed by atoms with van der Waals surface area (Å²) in [7, 11) is -3.26. The highest BCUT2D eigenvalue weighted by Crippen LogP contribution is 2.40. The van der Waals surface area contributed by atoms with Crippen LogP contribution >= 0.6 is 7.75 Å². The zero-order chi connectivity index (χ0) is 20.4. The van der Waals surface area contributed by atoms with E-state index in [-0.39, 0.29) is 5.49 Å². The molecule has 1 fully saturated rings. The molecular weight excluding hydrogens is 387 g/mol. The van der Waals surface area contributed by atoms with E-state index in [0.717, 1.165) is 11.5 Å². The van der Waals surface area contributed by atoms with Crippen LogP contribution in [0.1, 0.15) is 13.2 Å². The molecule has 27 heavy (non-hydrogen) atoms. The fraction of sp³-hybridized carbons (Fsp3) is 0.615. The van der Waals surface area contributed by atoms with Gasteiger partial charge in [-0.1, -0.05) is 0 Å². The number of nitrogens with one attached hydrogen (secondary N) is 2. The molecule has 0 radical (unpaired) electrons. The van der Waals surface area contributed by atoms with Crippen LogP contribution in [0.5, 0.6) is 6.01 Å². The van der Waals surface area contributed by atoms with E-state index in [9.17, 15) is 29.6 Å². The predicted molar refractivity (Wildman–Crippen MR) is 81.6 cm³/mol. The summed E-state index contributed by atoms with van der Waals surface area (Å²) in [5.41, 5.74) is -0.252. The van der Waals surface area contributed by atoms with Gasteiger partial charge in [0.15, 0.2) is 6.23 Å². The van der Waals surface area contributed by atoms with E-state index in [1.54, 1.807) is 0 Å². The molecule has 0 amide bonds. The second kappa shape index (κ2) is 8.44. The van der Waals surface area contributed by atoms with Gasteiger partial charge >= 0.3 is 7.75 Å². The number of rotatable bonds is 8. The van der Waals surface area contributed by atoms with Gasteiger partial charge in [0.1, 0.15) is 23.8 Å². The first-order valence-electron chi connectivity index (χ1n) is 7.69. The van der Waals surface area contributed by atoms with Crippen molar-refractivity contribution in [2.24, 2.45) is 0 Å². The lowest BCUT2D eigenvalue weighted by Crippen LogP contribution is -2.42. The van der Waals surface area contributed by atoms with Gasteiger partial charge in [-0.05, 0) is 13.0 Å². The summed E-state index contributed by atoms with van der Waals surface area (Å²) in [6.07, 6.45) is -3.40. The van der Waals surface area contributed by atoms with Crippen LogP contribution < -0.4 is 20.8 Å². The van der Waals surface area contributed by atoms with Crippen molar-refractivity contribution < 1.29 is 43.6 Å². The van der Waals surface area contributed by atoms with Crippen LogP contribution in [0.2, 0.25) is 0 Å². The first-order valence-corrected chi connectivity index (χ1v) is 9.26. The number of aromatic nitrogens is 2. The number of carbonyl (C=O) groups excluding carboxylic acids is 1. The molecule has 2 heterocycles. The molecule has 6 atom stereocenters. The number of ether oxygens (including phenoxy) is 2. The predicted octanol–water partition coefficient (Wildman–Crippen LogP) is -3.45. The van der Waals surface area contributed by atoms with Crippen molar-refractivity contribution >= 4 is 13.7 Å². The monoisotopic (exact) mass is 406 g/mol. The molecule has 13 nitrogen and oxygen atoms in total. The van der Waals surface area contributed by atoms with E-state index in [1.807, 2.05) is 5.09 Å². The van der Waals surface area contributed by atoms with Crippen molar-refractivity contribution in [3.63, 3.8) is 0 Å². The van der Waals surface area contributed by atoms with Crippen molar-refractivity contribution in [2.45, 2.75) is 37.5 Å². The van der Waals surface area contributed by atoms with E-state index >= 15 is 0 Å². The molecular formula is C13H19N4O9P-2. The zero-order valence-electron chi connectivity index (χ0n) is 14.3. The van der Waals surface area contributed by atoms with Gasteiger partial charge in [0.2, 0.25) is 0 Å². The molecule has 1 aliphatic heterocycles. The lowest BCUT2D eigenvalue weighted by molar-refractivity contribution is -0.307. The summed E-state index contributed by atoms with van der Waals surface area (Å²) in [6.45, 7) is 0.492. The number of aliphatic carboxylic acids is 1. The van der Waals surface area contributed by atoms with Crippen LogP contribution in [0.4, 0.5) is 0 Å². The third-order valence-electron chi connectivity index (χ3n) is 3.81. The van der Waals surface area contributed by atoms with Crippen LogP contribution in [0, 0.1) is 5.41 Å². The molecule has 0 spiro atoms. The summed E-state index contributed by atoms with van der Waals surface area (Å²) in [5, 5.41) is 42.0. The van der Waals surface area contributed by atoms with Crippen LogP contribution in [-0.2, 0) is 23.4 Å². The molecule has 0 aliphatic carbocycles. The van der Waals surface area contributed by atoms with Crippen molar-refractivity contribution in [3.8, 4) is 6.01 Å². The fourth-order valence-corrected chi connectivity index (χ4v) is 3.47. The minimum absolute atomic E-state index is 0.252. The average Bonchev–Trinajstić information content (AvgIpc) is 2.88. The summed E-state index contributed by atoms with van der Waals surface area (Å²) < 4.78 is 28.3. The molecule has 1 aliphatic rings. The average molecular weight is 406 g/mol. The number of carbonyl (C=O) groups is 1. The third kappa shape index (κ3) is 5.11. The number of carboxylic acid groups (broad SMARTS) is 1. The molecule has 0 saturated carbocycles. The maximum Gasteiger partial charge on any atom is 0.403 e. The number of hydrogen-bond donors (Lipinski definition) is 4. The molecule has 0 bridgehead atoms. The summed E-state index contributed by atoms with van der Waals surface area (Å²) in [5.74, 6) is -1.60. The standard InChI is InChI=1S/C13H21N4O9P/c1-6(12(19)20)16-27(22,23)25-5-7-9(18)10(24-2)11(26-7)17-4-3-8(14)15-13(17)21/h3-4,6-7,9-11,18H,5H2,1-2H3,(H,19,20)(H2,14,15,21)(H2,16,22,23)/p-2/t6-,7+,9+,10+,11+/m0/s1. The van der Waals surface area contributed by atoms with Crippen LogP contribution in [0.3, 0.4) is 0 Å². The Hall–Kier alpha value is -1.86. The Balaban J connectivity index is 2.09. The molecule has 1 unspecified atom stereocenters. The van der Waals surface area contributed by atoms with Crippen molar-refractivity contribution in [2.75, 3.05) is 13.7 Å². The molecule has 0 aromatic carbocycles. The summed E-state index contributed by atoms with van der Waals surface area (Å²) in [4.78, 5) is 23.7. The molecule has 2 rings (SSSR count). The lowest BCUT2D eigenvalue weighted by Gasteiger charge is -2.25. The van der Waals surface area contributed by atoms with Crippen molar-refractivity contribution in [3.05, 3.63) is 17.8 Å². The number of carboxylic acids is 1. The van der Waals surface area contributed by atoms with Crippen molar-refractivity contribution in [1.29, 1.82) is 5.41 Å². The van der Waals surface area contributed by atoms with Gasteiger partial charge in [0, 0.05) is 13.3 Å². The highest BCUT2D eigenvalue weighted by Gasteiger charge is 2.45. The van der Waals surface area contributed by atoms with Crippen molar-refractivity contribution in [1.82, 2.24) is 14.6 Å². The molecule has 4 N–H and O–H groups in total. The maximum atomic E-state index is 11.9. The number of aliphatic hydroxyl groups is 1. The number of nitrogens with zero attached hydrogens (tertiary/aromatic N) is 2. The zero-order valence-corrected chi connectivity index (χ0v) is 15.2. The Morgan fingerprint density at radius 3 is 2.85 bits per heavy atom. The third-order valence-corrected chi connectivity index (χ3v) is 5.03. The first kappa shape index (κ1) is 21.4. The Morgan fingerprint density at radius 2 is 2.30 bits per heavy atom. The van der Waals surface area contributed by atoms with Gasteiger partial charge in [0.05, 0.1) is 24.6 Å². The SMILES string of the molecule is CO[C@@H]1[C@H](O)[C@@H](COP(=O)(O)N[C@@H](C)C(=O)[O-])O[C@H]1n1ccc(=N)nc1[O-]. The number of aliphatic hydroxyl groups excluding tert-OH is 1. The minimum atomic E-state index is -4.53. The second-order valence-electron chi connectivity index (χ2n) is 5.74. The fourth-order valence-electron chi connectivity index (χ4n) is 2.45. The smallest absolute Gasteiger partial charge is 0.403 e. The van der Waals surface area contributed by atoms with Gasteiger partial charge in [-0.3, -0.25) is 9.93 Å². The Bertz CT molecular complexity index is 787. The largest absolute Gasteiger partial charge is 0.846 e. The second-order valence-corrected chi connectivity index (χ2v) is 7.30. The highest BCUT2D eigenvalue weighted by molar-refractivity contribution is 7.50. The van der Waals surface area contributed by atoms with E-state index < -0.39 is 56.9 Å². The summed E-state index contributed by atoms with van der Waals surface area (Å²) >= 11 is 0. The quantitative estimate of drug-likeness (QED) is 0.313.